The minimum absolute atomic E-state index is 0.0273. The number of carbonyl (C=O) groups is 1. The van der Waals surface area contributed by atoms with Crippen molar-refractivity contribution >= 4 is 17.4 Å². The van der Waals surface area contributed by atoms with Crippen LogP contribution in [0.25, 0.3) is 0 Å². The number of pyridine rings is 1. The molecule has 1 amide bonds. The number of hydrogen-bond acceptors (Lipinski definition) is 4. The Morgan fingerprint density at radius 2 is 2.43 bits per heavy atom. The second kappa shape index (κ2) is 3.53. The molecule has 0 bridgehead atoms. The lowest BCUT2D eigenvalue weighted by atomic mass is 10.3. The van der Waals surface area contributed by atoms with Crippen molar-refractivity contribution in [3.05, 3.63) is 18.3 Å². The van der Waals surface area contributed by atoms with Crippen LogP contribution in [0.3, 0.4) is 0 Å². The van der Waals surface area contributed by atoms with Crippen molar-refractivity contribution in [3.8, 4) is 0 Å². The Balaban J connectivity index is 2.22. The summed E-state index contributed by atoms with van der Waals surface area (Å²) >= 11 is 0. The number of nitrogens with two attached hydrogens (primary N) is 1. The third-order valence-electron chi connectivity index (χ3n) is 2.20. The van der Waals surface area contributed by atoms with Gasteiger partial charge in [0.05, 0.1) is 12.2 Å². The van der Waals surface area contributed by atoms with Gasteiger partial charge < -0.3 is 16.0 Å². The Hall–Kier alpha value is -1.78. The molecule has 1 aromatic rings. The van der Waals surface area contributed by atoms with Gasteiger partial charge in [-0.15, -0.1) is 0 Å². The Morgan fingerprint density at radius 3 is 3.14 bits per heavy atom. The molecule has 0 atom stereocenters. The van der Waals surface area contributed by atoms with E-state index in [9.17, 15) is 4.79 Å². The van der Waals surface area contributed by atoms with E-state index in [1.54, 1.807) is 6.20 Å². The summed E-state index contributed by atoms with van der Waals surface area (Å²) in [5, 5.41) is 2.76. The number of anilines is 2. The van der Waals surface area contributed by atoms with Gasteiger partial charge in [0.1, 0.15) is 5.82 Å². The highest BCUT2D eigenvalue weighted by Crippen LogP contribution is 2.19. The third-order valence-corrected chi connectivity index (χ3v) is 2.20. The van der Waals surface area contributed by atoms with Crippen LogP contribution in [0.2, 0.25) is 0 Å². The van der Waals surface area contributed by atoms with Crippen LogP contribution in [0.1, 0.15) is 0 Å². The van der Waals surface area contributed by atoms with Gasteiger partial charge >= 0.3 is 0 Å². The number of hydrogen-bond donors (Lipinski definition) is 2. The number of rotatable bonds is 1. The molecule has 0 unspecified atom stereocenters. The highest BCUT2D eigenvalue weighted by atomic mass is 16.2. The first kappa shape index (κ1) is 8.80. The lowest BCUT2D eigenvalue weighted by Gasteiger charge is -2.28. The lowest BCUT2D eigenvalue weighted by Crippen LogP contribution is -2.47. The maximum atomic E-state index is 11.1. The fraction of sp³-hybridized carbons (Fsp3) is 0.333. The summed E-state index contributed by atoms with van der Waals surface area (Å²) in [5.41, 5.74) is 6.55. The first-order valence-electron chi connectivity index (χ1n) is 4.49. The summed E-state index contributed by atoms with van der Waals surface area (Å²) in [6.07, 6.45) is 1.64. The van der Waals surface area contributed by atoms with E-state index < -0.39 is 0 Å². The SMILES string of the molecule is Nc1ncccc1N1CCNC(=O)C1. The summed E-state index contributed by atoms with van der Waals surface area (Å²) < 4.78 is 0. The highest BCUT2D eigenvalue weighted by molar-refractivity contribution is 5.83. The number of nitrogens with zero attached hydrogens (tertiary/aromatic N) is 2. The third kappa shape index (κ3) is 1.61. The fourth-order valence-electron chi connectivity index (χ4n) is 1.52. The molecule has 14 heavy (non-hydrogen) atoms. The molecule has 2 heterocycles. The maximum absolute atomic E-state index is 11.1. The first-order chi connectivity index (χ1) is 6.77. The first-order valence-corrected chi connectivity index (χ1v) is 4.49. The zero-order valence-electron chi connectivity index (χ0n) is 7.73. The second-order valence-corrected chi connectivity index (χ2v) is 3.18. The van der Waals surface area contributed by atoms with Crippen molar-refractivity contribution in [1.82, 2.24) is 10.3 Å². The van der Waals surface area contributed by atoms with Crippen molar-refractivity contribution in [1.29, 1.82) is 0 Å². The number of aromatic nitrogens is 1. The number of amides is 1. The molecule has 5 nitrogen and oxygen atoms in total. The summed E-state index contributed by atoms with van der Waals surface area (Å²) in [6.45, 7) is 1.80. The van der Waals surface area contributed by atoms with Gasteiger partial charge in [-0.1, -0.05) is 0 Å². The van der Waals surface area contributed by atoms with Crippen molar-refractivity contribution in [3.63, 3.8) is 0 Å². The van der Waals surface area contributed by atoms with Crippen LogP contribution in [0, 0.1) is 0 Å². The van der Waals surface area contributed by atoms with Crippen molar-refractivity contribution in [2.24, 2.45) is 0 Å². The van der Waals surface area contributed by atoms with Crippen molar-refractivity contribution in [2.45, 2.75) is 0 Å². The molecule has 1 aliphatic rings. The van der Waals surface area contributed by atoms with Crippen LogP contribution >= 0.6 is 0 Å². The molecule has 1 aliphatic heterocycles. The predicted molar refractivity (Wildman–Crippen MR) is 53.9 cm³/mol. The number of piperazine rings is 1. The highest BCUT2D eigenvalue weighted by Gasteiger charge is 2.17. The molecule has 0 saturated carbocycles. The van der Waals surface area contributed by atoms with Gasteiger partial charge in [0.15, 0.2) is 0 Å². The number of nitrogens with one attached hydrogen (secondary N) is 1. The minimum Gasteiger partial charge on any atom is -0.382 e. The van der Waals surface area contributed by atoms with Gasteiger partial charge in [0.2, 0.25) is 5.91 Å². The Labute approximate surface area is 81.9 Å². The molecule has 0 aliphatic carbocycles. The average molecular weight is 192 g/mol. The predicted octanol–water partition coefficient (Wildman–Crippen LogP) is -0.400. The average Bonchev–Trinajstić information content (AvgIpc) is 2.18. The van der Waals surface area contributed by atoms with Gasteiger partial charge in [-0.05, 0) is 12.1 Å². The van der Waals surface area contributed by atoms with Crippen LogP contribution < -0.4 is 16.0 Å². The molecule has 3 N–H and O–H groups in total. The molecular formula is C9H12N4O. The van der Waals surface area contributed by atoms with E-state index >= 15 is 0 Å². The topological polar surface area (TPSA) is 71.2 Å². The zero-order valence-corrected chi connectivity index (χ0v) is 7.73. The van der Waals surface area contributed by atoms with Crippen LogP contribution in [0.4, 0.5) is 11.5 Å². The van der Waals surface area contributed by atoms with E-state index in [4.69, 9.17) is 5.73 Å². The quantitative estimate of drug-likeness (QED) is 0.635. The van der Waals surface area contributed by atoms with E-state index in [0.29, 0.717) is 18.9 Å². The number of carbonyl (C=O) groups excluding carboxylic acids is 1. The van der Waals surface area contributed by atoms with Crippen molar-refractivity contribution in [2.75, 3.05) is 30.3 Å². The zero-order chi connectivity index (χ0) is 9.97. The van der Waals surface area contributed by atoms with E-state index in [0.717, 1.165) is 12.2 Å². The molecular weight excluding hydrogens is 180 g/mol. The van der Waals surface area contributed by atoms with Crippen LogP contribution in [0.5, 0.6) is 0 Å². The maximum Gasteiger partial charge on any atom is 0.239 e. The summed E-state index contributed by atoms with van der Waals surface area (Å²) in [6, 6.07) is 3.69. The summed E-state index contributed by atoms with van der Waals surface area (Å²) in [4.78, 5) is 17.1. The normalized spacial score (nSPS) is 16.6. The van der Waals surface area contributed by atoms with Gasteiger partial charge in [-0.25, -0.2) is 4.98 Å². The monoisotopic (exact) mass is 192 g/mol. The largest absolute Gasteiger partial charge is 0.382 e. The number of nitrogen functional groups attached to an aromatic ring is 1. The molecule has 1 fully saturated rings. The summed E-state index contributed by atoms with van der Waals surface area (Å²) in [5.74, 6) is 0.502. The van der Waals surface area contributed by atoms with Crippen LogP contribution in [-0.2, 0) is 4.79 Å². The van der Waals surface area contributed by atoms with E-state index in [2.05, 4.69) is 10.3 Å². The fourth-order valence-corrected chi connectivity index (χ4v) is 1.52. The molecule has 1 saturated heterocycles. The molecule has 0 aromatic carbocycles. The minimum atomic E-state index is 0.0273. The van der Waals surface area contributed by atoms with Gasteiger partial charge in [0.25, 0.3) is 0 Å². The van der Waals surface area contributed by atoms with E-state index in [1.165, 1.54) is 0 Å². The van der Waals surface area contributed by atoms with Crippen LogP contribution in [-0.4, -0.2) is 30.5 Å². The molecule has 5 heteroatoms. The van der Waals surface area contributed by atoms with Crippen LogP contribution in [0.15, 0.2) is 18.3 Å². The smallest absolute Gasteiger partial charge is 0.239 e. The summed E-state index contributed by atoms with van der Waals surface area (Å²) in [7, 11) is 0. The molecule has 2 rings (SSSR count). The standard InChI is InChI=1S/C9H12N4O/c10-9-7(2-1-3-12-9)13-5-4-11-8(14)6-13/h1-3H,4-6H2,(H2,10,12)(H,11,14). The van der Waals surface area contributed by atoms with E-state index in [-0.39, 0.29) is 5.91 Å². The van der Waals surface area contributed by atoms with Gasteiger partial charge in [-0.3, -0.25) is 4.79 Å². The molecule has 1 aromatic heterocycles. The molecule has 0 radical (unpaired) electrons. The lowest BCUT2D eigenvalue weighted by molar-refractivity contribution is -0.120. The Bertz CT molecular complexity index is 352. The molecule has 0 spiro atoms. The van der Waals surface area contributed by atoms with Gasteiger partial charge in [0, 0.05) is 19.3 Å². The Kier molecular flexibility index (Phi) is 2.22. The van der Waals surface area contributed by atoms with E-state index in [1.807, 2.05) is 17.0 Å². The second-order valence-electron chi connectivity index (χ2n) is 3.18. The molecule has 74 valence electrons. The van der Waals surface area contributed by atoms with Gasteiger partial charge in [-0.2, -0.15) is 0 Å². The Morgan fingerprint density at radius 1 is 1.57 bits per heavy atom. The van der Waals surface area contributed by atoms with Crippen molar-refractivity contribution < 1.29 is 4.79 Å².